The van der Waals surface area contributed by atoms with Gasteiger partial charge >= 0.3 is 0 Å². The summed E-state index contributed by atoms with van der Waals surface area (Å²) in [6, 6.07) is 3.87. The largest absolute Gasteiger partial charge is 0.490 e. The lowest BCUT2D eigenvalue weighted by Gasteiger charge is -2.13. The predicted molar refractivity (Wildman–Crippen MR) is 62.4 cm³/mol. The minimum atomic E-state index is -0.0171. The number of ether oxygens (including phenoxy) is 2. The fourth-order valence-electron chi connectivity index (χ4n) is 1.55. The summed E-state index contributed by atoms with van der Waals surface area (Å²) in [6.45, 7) is 3.36. The summed E-state index contributed by atoms with van der Waals surface area (Å²) in [5, 5.41) is 0. The molecule has 2 rings (SSSR count). The van der Waals surface area contributed by atoms with Crippen LogP contribution in [0.15, 0.2) is 16.6 Å². The number of hydrogen-bond acceptors (Lipinski definition) is 3. The first-order valence-corrected chi connectivity index (χ1v) is 5.82. The third-order valence-electron chi connectivity index (χ3n) is 2.36. The Morgan fingerprint density at radius 2 is 1.87 bits per heavy atom. The highest BCUT2D eigenvalue weighted by Crippen LogP contribution is 2.36. The normalized spacial score (nSPS) is 17.0. The number of fused-ring (bicyclic) bond motifs is 1. The molecule has 0 aliphatic carbocycles. The van der Waals surface area contributed by atoms with Crippen molar-refractivity contribution in [2.24, 2.45) is 5.73 Å². The van der Waals surface area contributed by atoms with Crippen molar-refractivity contribution < 1.29 is 9.47 Å². The van der Waals surface area contributed by atoms with Crippen LogP contribution in [0, 0.1) is 0 Å². The molecule has 0 unspecified atom stereocenters. The van der Waals surface area contributed by atoms with E-state index in [4.69, 9.17) is 15.2 Å². The van der Waals surface area contributed by atoms with Crippen molar-refractivity contribution >= 4 is 15.9 Å². The summed E-state index contributed by atoms with van der Waals surface area (Å²) < 4.78 is 12.1. The lowest BCUT2D eigenvalue weighted by Crippen LogP contribution is -2.06. The van der Waals surface area contributed by atoms with Gasteiger partial charge in [-0.1, -0.05) is 15.9 Å². The average molecular weight is 272 g/mol. The molecular formula is C11H14BrNO2. The van der Waals surface area contributed by atoms with Gasteiger partial charge in [0.05, 0.1) is 13.2 Å². The Morgan fingerprint density at radius 1 is 1.27 bits per heavy atom. The monoisotopic (exact) mass is 271 g/mol. The second-order valence-corrected chi connectivity index (χ2v) is 4.51. The molecule has 1 aliphatic heterocycles. The molecule has 1 aliphatic rings. The van der Waals surface area contributed by atoms with Crippen LogP contribution in [0.2, 0.25) is 0 Å². The van der Waals surface area contributed by atoms with Gasteiger partial charge in [-0.15, -0.1) is 0 Å². The van der Waals surface area contributed by atoms with Gasteiger partial charge in [0, 0.05) is 16.9 Å². The molecule has 1 atom stereocenters. The molecule has 1 aromatic rings. The lowest BCUT2D eigenvalue weighted by atomic mass is 10.1. The van der Waals surface area contributed by atoms with Crippen LogP contribution in [0.3, 0.4) is 0 Å². The van der Waals surface area contributed by atoms with Crippen LogP contribution in [-0.4, -0.2) is 13.2 Å². The van der Waals surface area contributed by atoms with Crippen LogP contribution >= 0.6 is 15.9 Å². The predicted octanol–water partition coefficient (Wildman–Crippen LogP) is 2.63. The lowest BCUT2D eigenvalue weighted by molar-refractivity contribution is 0.297. The van der Waals surface area contributed by atoms with Crippen LogP contribution in [-0.2, 0) is 0 Å². The van der Waals surface area contributed by atoms with Crippen LogP contribution < -0.4 is 15.2 Å². The van der Waals surface area contributed by atoms with Gasteiger partial charge < -0.3 is 15.2 Å². The highest BCUT2D eigenvalue weighted by molar-refractivity contribution is 9.10. The van der Waals surface area contributed by atoms with Gasteiger partial charge in [0.15, 0.2) is 11.5 Å². The van der Waals surface area contributed by atoms with Crippen LogP contribution in [0.4, 0.5) is 0 Å². The number of rotatable bonds is 1. The first kappa shape index (κ1) is 10.8. The third kappa shape index (κ3) is 2.26. The maximum absolute atomic E-state index is 5.86. The van der Waals surface area contributed by atoms with E-state index in [0.29, 0.717) is 13.2 Å². The summed E-state index contributed by atoms with van der Waals surface area (Å²) in [5.74, 6) is 1.59. The van der Waals surface area contributed by atoms with Crippen molar-refractivity contribution in [1.82, 2.24) is 0 Å². The Balaban J connectivity index is 2.42. The molecule has 0 saturated heterocycles. The highest BCUT2D eigenvalue weighted by atomic mass is 79.9. The van der Waals surface area contributed by atoms with Gasteiger partial charge in [-0.2, -0.15) is 0 Å². The van der Waals surface area contributed by atoms with Crippen LogP contribution in [0.1, 0.15) is 24.9 Å². The average Bonchev–Trinajstić information content (AvgIpc) is 2.40. The fourth-order valence-corrected chi connectivity index (χ4v) is 2.23. The smallest absolute Gasteiger partial charge is 0.162 e. The van der Waals surface area contributed by atoms with E-state index in [2.05, 4.69) is 15.9 Å². The molecule has 0 spiro atoms. The summed E-state index contributed by atoms with van der Waals surface area (Å²) >= 11 is 3.49. The quantitative estimate of drug-likeness (QED) is 0.854. The molecule has 82 valence electrons. The summed E-state index contributed by atoms with van der Waals surface area (Å²) in [5.41, 5.74) is 6.90. The molecule has 3 nitrogen and oxygen atoms in total. The van der Waals surface area contributed by atoms with E-state index in [1.54, 1.807) is 0 Å². The summed E-state index contributed by atoms with van der Waals surface area (Å²) in [4.78, 5) is 0. The van der Waals surface area contributed by atoms with E-state index in [-0.39, 0.29) is 6.04 Å². The second kappa shape index (κ2) is 4.41. The van der Waals surface area contributed by atoms with Gasteiger partial charge in [-0.25, -0.2) is 0 Å². The number of nitrogens with two attached hydrogens (primary N) is 1. The van der Waals surface area contributed by atoms with Crippen molar-refractivity contribution in [2.45, 2.75) is 19.4 Å². The Morgan fingerprint density at radius 3 is 2.47 bits per heavy atom. The summed E-state index contributed by atoms with van der Waals surface area (Å²) in [6.07, 6.45) is 0.916. The van der Waals surface area contributed by atoms with Crippen molar-refractivity contribution in [3.63, 3.8) is 0 Å². The number of benzene rings is 1. The zero-order valence-electron chi connectivity index (χ0n) is 8.63. The first-order valence-electron chi connectivity index (χ1n) is 5.03. The first-order chi connectivity index (χ1) is 7.18. The standard InChI is InChI=1S/C11H14BrNO2/c1-7(13)8-5-10-11(6-9(8)12)15-4-2-3-14-10/h5-7H,2-4,13H2,1H3/t7-/m1/s1. The fraction of sp³-hybridized carbons (Fsp3) is 0.455. The Hall–Kier alpha value is -0.740. The Labute approximate surface area is 97.7 Å². The highest BCUT2D eigenvalue weighted by Gasteiger charge is 2.15. The number of hydrogen-bond donors (Lipinski definition) is 1. The van der Waals surface area contributed by atoms with Gasteiger partial charge in [0.2, 0.25) is 0 Å². The van der Waals surface area contributed by atoms with Gasteiger partial charge in [-0.05, 0) is 24.6 Å². The van der Waals surface area contributed by atoms with Crippen LogP contribution in [0.5, 0.6) is 11.5 Å². The van der Waals surface area contributed by atoms with Gasteiger partial charge in [0.25, 0.3) is 0 Å². The van der Waals surface area contributed by atoms with E-state index in [9.17, 15) is 0 Å². The molecule has 1 heterocycles. The molecule has 0 radical (unpaired) electrons. The van der Waals surface area contributed by atoms with E-state index >= 15 is 0 Å². The number of halogens is 1. The maximum atomic E-state index is 5.86. The van der Waals surface area contributed by atoms with Gasteiger partial charge in [-0.3, -0.25) is 0 Å². The van der Waals surface area contributed by atoms with Crippen molar-refractivity contribution in [2.75, 3.05) is 13.2 Å². The SMILES string of the molecule is C[C@@H](N)c1cc2c(cc1Br)OCCCO2. The molecular weight excluding hydrogens is 258 g/mol. The van der Waals surface area contributed by atoms with Gasteiger partial charge in [0.1, 0.15) is 0 Å². The van der Waals surface area contributed by atoms with E-state index in [0.717, 1.165) is 28.0 Å². The minimum Gasteiger partial charge on any atom is -0.490 e. The molecule has 0 amide bonds. The topological polar surface area (TPSA) is 44.5 Å². The van der Waals surface area contributed by atoms with Crippen molar-refractivity contribution in [3.05, 3.63) is 22.2 Å². The Bertz CT molecular complexity index is 366. The zero-order valence-corrected chi connectivity index (χ0v) is 10.2. The molecule has 15 heavy (non-hydrogen) atoms. The molecule has 0 bridgehead atoms. The van der Waals surface area contributed by atoms with E-state index < -0.39 is 0 Å². The molecule has 0 aromatic heterocycles. The maximum Gasteiger partial charge on any atom is 0.162 e. The van der Waals surface area contributed by atoms with Crippen molar-refractivity contribution in [1.29, 1.82) is 0 Å². The third-order valence-corrected chi connectivity index (χ3v) is 3.04. The molecule has 1 aromatic carbocycles. The zero-order chi connectivity index (χ0) is 10.8. The van der Waals surface area contributed by atoms with Crippen LogP contribution in [0.25, 0.3) is 0 Å². The van der Waals surface area contributed by atoms with E-state index in [1.807, 2.05) is 19.1 Å². The molecule has 0 fully saturated rings. The molecule has 2 N–H and O–H groups in total. The van der Waals surface area contributed by atoms with E-state index in [1.165, 1.54) is 0 Å². The summed E-state index contributed by atoms with van der Waals surface area (Å²) in [7, 11) is 0. The second-order valence-electron chi connectivity index (χ2n) is 3.66. The Kier molecular flexibility index (Phi) is 3.17. The minimum absolute atomic E-state index is 0.0171. The van der Waals surface area contributed by atoms with Crippen molar-refractivity contribution in [3.8, 4) is 11.5 Å². The molecule has 0 saturated carbocycles. The molecule has 4 heteroatoms.